The van der Waals surface area contributed by atoms with Crippen LogP contribution in [0, 0.1) is 13.8 Å². The van der Waals surface area contributed by atoms with Crippen LogP contribution in [0.15, 0.2) is 78.5 Å². The minimum absolute atomic E-state index is 0.280. The fraction of sp³-hybridized carbons (Fsp3) is 0.154. The van der Waals surface area contributed by atoms with Crippen molar-refractivity contribution in [1.29, 1.82) is 0 Å². The molecule has 5 heteroatoms. The number of hydrogen-bond acceptors (Lipinski definition) is 3. The van der Waals surface area contributed by atoms with E-state index in [4.69, 9.17) is 11.6 Å². The van der Waals surface area contributed by atoms with E-state index >= 15 is 0 Å². The Morgan fingerprint density at radius 3 is 1.97 bits per heavy atom. The van der Waals surface area contributed by atoms with E-state index in [0.29, 0.717) is 29.3 Å². The fourth-order valence-corrected chi connectivity index (χ4v) is 3.68. The highest BCUT2D eigenvalue weighted by molar-refractivity contribution is 6.36. The largest absolute Gasteiger partial charge is 0.350 e. The number of nitrogens with one attached hydrogen (secondary N) is 1. The first-order chi connectivity index (χ1) is 14.9. The topological polar surface area (TPSA) is 49.4 Å². The van der Waals surface area contributed by atoms with Crippen molar-refractivity contribution in [3.05, 3.63) is 106 Å². The number of benzene rings is 3. The summed E-state index contributed by atoms with van der Waals surface area (Å²) in [6, 6.07) is 22.8. The van der Waals surface area contributed by atoms with Gasteiger partial charge < -0.3 is 5.32 Å². The average molecular weight is 431 g/mol. The third-order valence-corrected chi connectivity index (χ3v) is 5.62. The standard InChI is InChI=1S/C26H23ClN2O2/c1-17-3-9-20(10-4-17)23-24(28-22-13-5-18(2)6-14-22)26(31)29(25(23)30)16-15-19-7-11-21(27)12-8-19/h3-14,28H,15-16H2,1-2H3. The Labute approximate surface area is 187 Å². The van der Waals surface area contributed by atoms with Gasteiger partial charge in [-0.25, -0.2) is 0 Å². The number of aryl methyl sites for hydroxylation is 2. The monoisotopic (exact) mass is 430 g/mol. The molecule has 0 saturated carbocycles. The molecule has 4 rings (SSSR count). The zero-order chi connectivity index (χ0) is 22.0. The van der Waals surface area contributed by atoms with Gasteiger partial charge >= 0.3 is 0 Å². The maximum atomic E-state index is 13.3. The minimum Gasteiger partial charge on any atom is -0.350 e. The lowest BCUT2D eigenvalue weighted by molar-refractivity contribution is -0.136. The molecule has 0 atom stereocenters. The summed E-state index contributed by atoms with van der Waals surface area (Å²) >= 11 is 5.96. The first-order valence-electron chi connectivity index (χ1n) is 10.2. The molecule has 4 nitrogen and oxygen atoms in total. The van der Waals surface area contributed by atoms with Crippen LogP contribution in [0.5, 0.6) is 0 Å². The van der Waals surface area contributed by atoms with Crippen molar-refractivity contribution in [3.63, 3.8) is 0 Å². The maximum Gasteiger partial charge on any atom is 0.278 e. The summed E-state index contributed by atoms with van der Waals surface area (Å²) < 4.78 is 0. The summed E-state index contributed by atoms with van der Waals surface area (Å²) in [4.78, 5) is 27.9. The van der Waals surface area contributed by atoms with Gasteiger partial charge in [-0.15, -0.1) is 0 Å². The zero-order valence-electron chi connectivity index (χ0n) is 17.5. The lowest BCUT2D eigenvalue weighted by Gasteiger charge is -2.15. The third kappa shape index (κ3) is 4.54. The van der Waals surface area contributed by atoms with Crippen molar-refractivity contribution in [2.75, 3.05) is 11.9 Å². The van der Waals surface area contributed by atoms with Crippen molar-refractivity contribution in [1.82, 2.24) is 4.90 Å². The van der Waals surface area contributed by atoms with E-state index in [1.54, 1.807) is 0 Å². The lowest BCUT2D eigenvalue weighted by Crippen LogP contribution is -2.34. The fourth-order valence-electron chi connectivity index (χ4n) is 3.56. The molecule has 1 aliphatic rings. The zero-order valence-corrected chi connectivity index (χ0v) is 18.2. The van der Waals surface area contributed by atoms with Crippen molar-refractivity contribution < 1.29 is 9.59 Å². The molecule has 0 spiro atoms. The van der Waals surface area contributed by atoms with Gasteiger partial charge in [0.2, 0.25) is 0 Å². The Morgan fingerprint density at radius 1 is 0.774 bits per heavy atom. The quantitative estimate of drug-likeness (QED) is 0.533. The molecule has 0 fully saturated rings. The van der Waals surface area contributed by atoms with Gasteiger partial charge in [-0.2, -0.15) is 0 Å². The second-order valence-electron chi connectivity index (χ2n) is 7.75. The summed E-state index contributed by atoms with van der Waals surface area (Å²) in [5.41, 5.74) is 5.45. The Kier molecular flexibility index (Phi) is 5.92. The SMILES string of the molecule is Cc1ccc(NC2=C(c3ccc(C)cc3)C(=O)N(CCc3ccc(Cl)cc3)C2=O)cc1. The van der Waals surface area contributed by atoms with E-state index in [-0.39, 0.29) is 11.8 Å². The van der Waals surface area contributed by atoms with Gasteiger partial charge in [-0.3, -0.25) is 14.5 Å². The van der Waals surface area contributed by atoms with E-state index in [0.717, 1.165) is 27.9 Å². The molecule has 156 valence electrons. The third-order valence-electron chi connectivity index (χ3n) is 5.37. The van der Waals surface area contributed by atoms with Crippen LogP contribution in [0.3, 0.4) is 0 Å². The average Bonchev–Trinajstić information content (AvgIpc) is 2.99. The number of rotatable bonds is 6. The first kappa shape index (κ1) is 20.9. The number of anilines is 1. The molecule has 0 saturated heterocycles. The first-order valence-corrected chi connectivity index (χ1v) is 10.6. The summed E-state index contributed by atoms with van der Waals surface area (Å²) in [6.45, 7) is 4.29. The number of carbonyl (C=O) groups is 2. The molecule has 0 aromatic heterocycles. The molecular formula is C26H23ClN2O2. The van der Waals surface area contributed by atoms with E-state index in [9.17, 15) is 9.59 Å². The highest BCUT2D eigenvalue weighted by atomic mass is 35.5. The van der Waals surface area contributed by atoms with Crippen LogP contribution in [0.1, 0.15) is 22.3 Å². The van der Waals surface area contributed by atoms with Crippen molar-refractivity contribution in [2.24, 2.45) is 0 Å². The molecule has 31 heavy (non-hydrogen) atoms. The molecule has 3 aromatic carbocycles. The normalized spacial score (nSPS) is 13.8. The van der Waals surface area contributed by atoms with Crippen LogP contribution in [-0.2, 0) is 16.0 Å². The Hall–Kier alpha value is -3.37. The molecule has 3 aromatic rings. The number of imide groups is 1. The number of amides is 2. The smallest absolute Gasteiger partial charge is 0.278 e. The van der Waals surface area contributed by atoms with Gasteiger partial charge in [0.1, 0.15) is 5.70 Å². The summed E-state index contributed by atoms with van der Waals surface area (Å²) in [5.74, 6) is -0.590. The van der Waals surface area contributed by atoms with Crippen molar-refractivity contribution in [3.8, 4) is 0 Å². The second-order valence-corrected chi connectivity index (χ2v) is 8.18. The Balaban J connectivity index is 1.64. The van der Waals surface area contributed by atoms with Crippen LogP contribution in [-0.4, -0.2) is 23.3 Å². The van der Waals surface area contributed by atoms with Crippen LogP contribution in [0.2, 0.25) is 5.02 Å². The Morgan fingerprint density at radius 2 is 1.35 bits per heavy atom. The van der Waals surface area contributed by atoms with E-state index in [1.807, 2.05) is 86.6 Å². The number of carbonyl (C=O) groups excluding carboxylic acids is 2. The summed E-state index contributed by atoms with van der Waals surface area (Å²) in [7, 11) is 0. The van der Waals surface area contributed by atoms with Gasteiger partial charge in [0.25, 0.3) is 11.8 Å². The minimum atomic E-state index is -0.310. The van der Waals surface area contributed by atoms with Gasteiger partial charge in [-0.05, 0) is 55.7 Å². The lowest BCUT2D eigenvalue weighted by atomic mass is 10.0. The molecule has 2 amide bonds. The number of hydrogen-bond donors (Lipinski definition) is 1. The van der Waals surface area contributed by atoms with Crippen molar-refractivity contribution in [2.45, 2.75) is 20.3 Å². The van der Waals surface area contributed by atoms with Gasteiger partial charge in [0, 0.05) is 17.3 Å². The van der Waals surface area contributed by atoms with Gasteiger partial charge in [-0.1, -0.05) is 71.3 Å². The van der Waals surface area contributed by atoms with Crippen LogP contribution < -0.4 is 5.32 Å². The molecule has 0 aliphatic carbocycles. The van der Waals surface area contributed by atoms with Gasteiger partial charge in [0.05, 0.1) is 5.57 Å². The van der Waals surface area contributed by atoms with E-state index in [1.165, 1.54) is 4.90 Å². The second kappa shape index (κ2) is 8.78. The molecule has 0 bridgehead atoms. The van der Waals surface area contributed by atoms with Crippen LogP contribution in [0.4, 0.5) is 5.69 Å². The summed E-state index contributed by atoms with van der Waals surface area (Å²) in [6.07, 6.45) is 0.563. The molecule has 1 heterocycles. The number of nitrogens with zero attached hydrogens (tertiary/aromatic N) is 1. The molecule has 0 radical (unpaired) electrons. The van der Waals surface area contributed by atoms with Crippen molar-refractivity contribution >= 4 is 34.7 Å². The van der Waals surface area contributed by atoms with Gasteiger partial charge in [0.15, 0.2) is 0 Å². The molecule has 1 N–H and O–H groups in total. The van der Waals surface area contributed by atoms with Crippen LogP contribution >= 0.6 is 11.6 Å². The predicted molar refractivity (Wildman–Crippen MR) is 125 cm³/mol. The van der Waals surface area contributed by atoms with E-state index in [2.05, 4.69) is 5.32 Å². The molecule has 0 unspecified atom stereocenters. The maximum absolute atomic E-state index is 13.3. The van der Waals surface area contributed by atoms with Crippen LogP contribution in [0.25, 0.3) is 5.57 Å². The molecular weight excluding hydrogens is 408 g/mol. The highest BCUT2D eigenvalue weighted by Crippen LogP contribution is 2.31. The molecule has 1 aliphatic heterocycles. The number of halogens is 1. The highest BCUT2D eigenvalue weighted by Gasteiger charge is 2.38. The summed E-state index contributed by atoms with van der Waals surface area (Å²) in [5, 5.41) is 3.85. The van der Waals surface area contributed by atoms with E-state index < -0.39 is 0 Å². The Bertz CT molecular complexity index is 1150. The predicted octanol–water partition coefficient (Wildman–Crippen LogP) is 5.39.